The molecule has 6 nitrogen and oxygen atoms in total. The summed E-state index contributed by atoms with van der Waals surface area (Å²) >= 11 is 2.89. The summed E-state index contributed by atoms with van der Waals surface area (Å²) in [6.45, 7) is -0.482. The first-order valence-electron chi connectivity index (χ1n) is 5.09. The highest BCUT2D eigenvalue weighted by Crippen LogP contribution is 2.23. The molecule has 1 rings (SSSR count). The first kappa shape index (κ1) is 16.0. The molecule has 1 aromatic carbocycles. The van der Waals surface area contributed by atoms with Gasteiger partial charge in [0, 0.05) is 11.1 Å². The van der Waals surface area contributed by atoms with Gasteiger partial charge in [-0.2, -0.15) is 4.72 Å². The number of aliphatic hydroxyl groups excluding tert-OH is 1. The van der Waals surface area contributed by atoms with Crippen LogP contribution in [0.5, 0.6) is 0 Å². The number of rotatable bonds is 6. The number of sulfonamides is 1. The van der Waals surface area contributed by atoms with Crippen molar-refractivity contribution in [2.24, 2.45) is 0 Å². The number of benzene rings is 1. The Hall–Kier alpha value is -1.03. The number of hydrogen-bond donors (Lipinski definition) is 3. The van der Waals surface area contributed by atoms with Gasteiger partial charge in [-0.05, 0) is 40.5 Å². The second-order valence-electron chi connectivity index (χ2n) is 3.60. The summed E-state index contributed by atoms with van der Waals surface area (Å²) < 4.78 is 38.7. The number of carboxylic acids is 1. The van der Waals surface area contributed by atoms with Gasteiger partial charge in [0.1, 0.15) is 11.9 Å². The Morgan fingerprint density at radius 3 is 2.58 bits per heavy atom. The first-order valence-corrected chi connectivity index (χ1v) is 7.36. The molecular formula is C10H11BrFNO5S. The SMILES string of the molecule is O=C(O)C(CCO)NS(=O)(=O)c1ccc(F)cc1Br. The molecular weight excluding hydrogens is 345 g/mol. The van der Waals surface area contributed by atoms with Crippen LogP contribution in [-0.4, -0.2) is 37.2 Å². The van der Waals surface area contributed by atoms with Crippen LogP contribution in [0.15, 0.2) is 27.6 Å². The Morgan fingerprint density at radius 2 is 2.11 bits per heavy atom. The molecule has 3 N–H and O–H groups in total. The molecule has 0 aliphatic heterocycles. The topological polar surface area (TPSA) is 104 Å². The molecule has 1 aromatic rings. The van der Waals surface area contributed by atoms with Crippen molar-refractivity contribution in [2.75, 3.05) is 6.61 Å². The normalized spacial score (nSPS) is 13.2. The molecule has 106 valence electrons. The van der Waals surface area contributed by atoms with Gasteiger partial charge in [-0.3, -0.25) is 4.79 Å². The molecule has 0 bridgehead atoms. The molecule has 1 atom stereocenters. The monoisotopic (exact) mass is 355 g/mol. The average Bonchev–Trinajstić information content (AvgIpc) is 2.27. The minimum Gasteiger partial charge on any atom is -0.480 e. The zero-order chi connectivity index (χ0) is 14.6. The van der Waals surface area contributed by atoms with Crippen LogP contribution >= 0.6 is 15.9 Å². The van der Waals surface area contributed by atoms with Crippen molar-refractivity contribution in [2.45, 2.75) is 17.4 Å². The number of nitrogens with one attached hydrogen (secondary N) is 1. The quantitative estimate of drug-likeness (QED) is 0.696. The zero-order valence-electron chi connectivity index (χ0n) is 9.51. The maximum absolute atomic E-state index is 12.9. The van der Waals surface area contributed by atoms with Crippen molar-refractivity contribution in [3.05, 3.63) is 28.5 Å². The van der Waals surface area contributed by atoms with Crippen molar-refractivity contribution in [3.8, 4) is 0 Å². The standard InChI is InChI=1S/C10H11BrFNO5S/c11-7-5-6(12)1-2-9(7)19(17,18)13-8(3-4-14)10(15)16/h1-2,5,8,13-14H,3-4H2,(H,15,16). The fraction of sp³-hybridized carbons (Fsp3) is 0.300. The number of halogens is 2. The van der Waals surface area contributed by atoms with E-state index in [9.17, 15) is 17.6 Å². The maximum Gasteiger partial charge on any atom is 0.321 e. The first-order chi connectivity index (χ1) is 8.77. The Balaban J connectivity index is 3.06. The molecule has 0 radical (unpaired) electrons. The smallest absolute Gasteiger partial charge is 0.321 e. The minimum atomic E-state index is -4.13. The highest BCUT2D eigenvalue weighted by Gasteiger charge is 2.26. The van der Waals surface area contributed by atoms with Gasteiger partial charge >= 0.3 is 5.97 Å². The molecule has 0 amide bonds. The van der Waals surface area contributed by atoms with Gasteiger partial charge in [0.05, 0.1) is 4.90 Å². The van der Waals surface area contributed by atoms with E-state index in [1.165, 1.54) is 0 Å². The largest absolute Gasteiger partial charge is 0.480 e. The fourth-order valence-corrected chi connectivity index (χ4v) is 3.58. The van der Waals surface area contributed by atoms with Gasteiger partial charge in [0.2, 0.25) is 10.0 Å². The third-order valence-corrected chi connectivity index (χ3v) is 4.65. The van der Waals surface area contributed by atoms with Gasteiger partial charge in [-0.15, -0.1) is 0 Å². The molecule has 0 fully saturated rings. The Bertz CT molecular complexity index is 577. The van der Waals surface area contributed by atoms with Gasteiger partial charge in [-0.1, -0.05) is 0 Å². The van der Waals surface area contributed by atoms with Gasteiger partial charge < -0.3 is 10.2 Å². The van der Waals surface area contributed by atoms with Crippen molar-refractivity contribution >= 4 is 31.9 Å². The van der Waals surface area contributed by atoms with Gasteiger partial charge in [-0.25, -0.2) is 12.8 Å². The highest BCUT2D eigenvalue weighted by molar-refractivity contribution is 9.10. The number of carboxylic acid groups (broad SMARTS) is 1. The van der Waals surface area contributed by atoms with Crippen molar-refractivity contribution in [1.29, 1.82) is 0 Å². The van der Waals surface area contributed by atoms with Gasteiger partial charge in [0.15, 0.2) is 0 Å². The molecule has 0 saturated heterocycles. The predicted octanol–water partition coefficient (Wildman–Crippen LogP) is 0.702. The van der Waals surface area contributed by atoms with E-state index >= 15 is 0 Å². The van der Waals surface area contributed by atoms with Crippen molar-refractivity contribution in [1.82, 2.24) is 4.72 Å². The lowest BCUT2D eigenvalue weighted by molar-refractivity contribution is -0.139. The maximum atomic E-state index is 12.9. The Kier molecular flexibility index (Phi) is 5.41. The second-order valence-corrected chi connectivity index (χ2v) is 6.14. The second kappa shape index (κ2) is 6.42. The van der Waals surface area contributed by atoms with Gasteiger partial charge in [0.25, 0.3) is 0 Å². The van der Waals surface area contributed by atoms with Crippen LogP contribution in [0.3, 0.4) is 0 Å². The van der Waals surface area contributed by atoms with Crippen LogP contribution in [0, 0.1) is 5.82 Å². The molecule has 19 heavy (non-hydrogen) atoms. The lowest BCUT2D eigenvalue weighted by atomic mass is 10.2. The minimum absolute atomic E-state index is 0.0202. The van der Waals surface area contributed by atoms with Crippen molar-refractivity contribution in [3.63, 3.8) is 0 Å². The molecule has 0 saturated carbocycles. The molecule has 0 aliphatic rings. The zero-order valence-corrected chi connectivity index (χ0v) is 11.9. The van der Waals surface area contributed by atoms with Crippen LogP contribution in [-0.2, 0) is 14.8 Å². The van der Waals surface area contributed by atoms with Crippen LogP contribution in [0.1, 0.15) is 6.42 Å². The number of aliphatic hydroxyl groups is 1. The molecule has 0 aromatic heterocycles. The van der Waals surface area contributed by atoms with E-state index in [4.69, 9.17) is 10.2 Å². The summed E-state index contributed by atoms with van der Waals surface area (Å²) in [6, 6.07) is 1.46. The van der Waals surface area contributed by atoms with E-state index in [0.29, 0.717) is 0 Å². The summed E-state index contributed by atoms with van der Waals surface area (Å²) in [5.41, 5.74) is 0. The third-order valence-electron chi connectivity index (χ3n) is 2.20. The molecule has 0 aliphatic carbocycles. The Morgan fingerprint density at radius 1 is 1.47 bits per heavy atom. The number of aliphatic carboxylic acids is 1. The molecule has 0 heterocycles. The summed E-state index contributed by atoms with van der Waals surface area (Å²) in [7, 11) is -4.13. The van der Waals surface area contributed by atoms with E-state index in [1.807, 2.05) is 4.72 Å². The van der Waals surface area contributed by atoms with E-state index in [1.54, 1.807) is 0 Å². The van der Waals surface area contributed by atoms with E-state index in [2.05, 4.69) is 15.9 Å². The Labute approximate surface area is 117 Å². The van der Waals surface area contributed by atoms with Crippen LogP contribution in [0.2, 0.25) is 0 Å². The molecule has 1 unspecified atom stereocenters. The molecule has 9 heteroatoms. The number of carbonyl (C=O) groups is 1. The van der Waals surface area contributed by atoms with Crippen LogP contribution in [0.4, 0.5) is 4.39 Å². The summed E-state index contributed by atoms with van der Waals surface area (Å²) in [6.07, 6.45) is -0.270. The van der Waals surface area contributed by atoms with E-state index in [0.717, 1.165) is 18.2 Å². The summed E-state index contributed by atoms with van der Waals surface area (Å²) in [5.74, 6) is -2.04. The third kappa shape index (κ3) is 4.23. The van der Waals surface area contributed by atoms with Crippen LogP contribution < -0.4 is 4.72 Å². The van der Waals surface area contributed by atoms with E-state index < -0.39 is 34.5 Å². The van der Waals surface area contributed by atoms with Crippen molar-refractivity contribution < 1.29 is 27.8 Å². The lowest BCUT2D eigenvalue weighted by Crippen LogP contribution is -2.41. The number of hydrogen-bond acceptors (Lipinski definition) is 4. The lowest BCUT2D eigenvalue weighted by Gasteiger charge is -2.14. The average molecular weight is 356 g/mol. The summed E-state index contributed by atoms with van der Waals surface area (Å²) in [4.78, 5) is 10.5. The van der Waals surface area contributed by atoms with Crippen LogP contribution in [0.25, 0.3) is 0 Å². The van der Waals surface area contributed by atoms with E-state index in [-0.39, 0.29) is 15.8 Å². The predicted molar refractivity (Wildman–Crippen MR) is 67.5 cm³/mol. The highest BCUT2D eigenvalue weighted by atomic mass is 79.9. The molecule has 0 spiro atoms. The summed E-state index contributed by atoms with van der Waals surface area (Å²) in [5, 5.41) is 17.5. The fourth-order valence-electron chi connectivity index (χ4n) is 1.31.